The van der Waals surface area contributed by atoms with Gasteiger partial charge in [-0.25, -0.2) is 0 Å². The van der Waals surface area contributed by atoms with E-state index < -0.39 is 0 Å². The largest absolute Gasteiger partial charge is 3.00 e. The molecule has 0 aliphatic heterocycles. The number of nitrogens with one attached hydrogen (secondary N) is 1. The number of hydrogen-bond donors (Lipinski definition) is 2. The molecule has 0 spiro atoms. The number of benzene rings is 4. The van der Waals surface area contributed by atoms with Crippen molar-refractivity contribution in [3.8, 4) is 0 Å². The van der Waals surface area contributed by atoms with E-state index in [-0.39, 0.29) is 31.1 Å². The Bertz CT molecular complexity index is 1390. The maximum absolute atomic E-state index is 9.44. The molecule has 0 amide bonds. The van der Waals surface area contributed by atoms with Crippen molar-refractivity contribution in [3.05, 3.63) is 109 Å². The van der Waals surface area contributed by atoms with Gasteiger partial charge in [0.2, 0.25) is 0 Å². The van der Waals surface area contributed by atoms with E-state index in [1.807, 2.05) is 24.5 Å². The molecular formula is C31H30N4ORu+3. The molecule has 2 heterocycles. The smallest absolute Gasteiger partial charge is 0.388 e. The minimum absolute atomic E-state index is 0. The molecule has 0 bridgehead atoms. The summed E-state index contributed by atoms with van der Waals surface area (Å²) >= 11 is 0. The summed E-state index contributed by atoms with van der Waals surface area (Å²) in [5.41, 5.74) is 6.87. The average molecular weight is 576 g/mol. The van der Waals surface area contributed by atoms with E-state index in [4.69, 9.17) is 11.1 Å². The first-order valence-corrected chi connectivity index (χ1v) is 11.6. The third-order valence-electron chi connectivity index (χ3n) is 4.99. The Balaban J connectivity index is 0.000000199. The Morgan fingerprint density at radius 1 is 0.595 bits per heavy atom. The Morgan fingerprint density at radius 3 is 1.27 bits per heavy atom. The van der Waals surface area contributed by atoms with Crippen LogP contribution in [-0.2, 0) is 24.3 Å². The fraction of sp³-hybridized carbons (Fsp3) is 0.0968. The van der Waals surface area contributed by atoms with Crippen LogP contribution in [0.25, 0.3) is 43.4 Å². The van der Waals surface area contributed by atoms with Crippen LogP contribution in [0.15, 0.2) is 109 Å². The Labute approximate surface area is 230 Å². The van der Waals surface area contributed by atoms with Gasteiger partial charge in [-0.05, 0) is 43.7 Å². The predicted molar refractivity (Wildman–Crippen MR) is 152 cm³/mol. The Kier molecular flexibility index (Phi) is 11.5. The average Bonchev–Trinajstić information content (AvgIpc) is 2.88. The molecule has 0 saturated carbocycles. The van der Waals surface area contributed by atoms with Gasteiger partial charge in [0.05, 0.1) is 16.9 Å². The summed E-state index contributed by atoms with van der Waals surface area (Å²) < 4.78 is 0. The van der Waals surface area contributed by atoms with E-state index in [0.29, 0.717) is 0 Å². The number of ketones is 1. The molecule has 6 heteroatoms. The third kappa shape index (κ3) is 8.55. The zero-order chi connectivity index (χ0) is 25.9. The fourth-order valence-electron chi connectivity index (χ4n) is 3.63. The normalized spacial score (nSPS) is 9.59. The van der Waals surface area contributed by atoms with Crippen molar-refractivity contribution in [1.82, 2.24) is 9.97 Å². The molecule has 0 unspecified atom stereocenters. The van der Waals surface area contributed by atoms with Gasteiger partial charge in [0.1, 0.15) is 5.78 Å². The molecule has 6 rings (SSSR count). The van der Waals surface area contributed by atoms with Gasteiger partial charge < -0.3 is 10.5 Å². The van der Waals surface area contributed by atoms with Gasteiger partial charge in [-0.15, -0.1) is 0 Å². The SMILES string of the molecule is CC(=N)N.CC(C)=O.[Ru+3].c1ccc2c(c1)ccc1cccnc12.c1ccc2c(c1)ccc1cccnc12. The number of aromatic nitrogens is 2. The first kappa shape index (κ1) is 29.2. The van der Waals surface area contributed by atoms with Gasteiger partial charge in [0.15, 0.2) is 0 Å². The number of hydrogen-bond acceptors (Lipinski definition) is 4. The summed E-state index contributed by atoms with van der Waals surface area (Å²) in [7, 11) is 0. The molecule has 4 aromatic carbocycles. The van der Waals surface area contributed by atoms with Crippen LogP contribution in [0.1, 0.15) is 20.8 Å². The van der Waals surface area contributed by atoms with Gasteiger partial charge >= 0.3 is 19.5 Å². The first-order valence-electron chi connectivity index (χ1n) is 11.6. The van der Waals surface area contributed by atoms with Crippen LogP contribution >= 0.6 is 0 Å². The van der Waals surface area contributed by atoms with Crippen LogP contribution in [0, 0.1) is 5.41 Å². The second-order valence-corrected chi connectivity index (χ2v) is 8.31. The Morgan fingerprint density at radius 2 is 0.892 bits per heavy atom. The molecule has 0 aliphatic rings. The van der Waals surface area contributed by atoms with Crippen molar-refractivity contribution in [3.63, 3.8) is 0 Å². The van der Waals surface area contributed by atoms with Gasteiger partial charge in [0, 0.05) is 33.9 Å². The van der Waals surface area contributed by atoms with Gasteiger partial charge in [0.25, 0.3) is 0 Å². The Hall–Kier alpha value is -4.02. The topological polar surface area (TPSA) is 92.7 Å². The quantitative estimate of drug-likeness (QED) is 0.0860. The van der Waals surface area contributed by atoms with Crippen molar-refractivity contribution >= 4 is 55.0 Å². The molecule has 0 atom stereocenters. The monoisotopic (exact) mass is 576 g/mol. The molecule has 0 aliphatic carbocycles. The molecular weight excluding hydrogens is 545 g/mol. The minimum atomic E-state index is 0. The number of fused-ring (bicyclic) bond motifs is 6. The molecule has 6 aromatic rings. The van der Waals surface area contributed by atoms with Crippen molar-refractivity contribution < 1.29 is 24.3 Å². The number of carbonyl (C=O) groups excluding carboxylic acids is 1. The zero-order valence-corrected chi connectivity index (χ0v) is 22.9. The summed E-state index contributed by atoms with van der Waals surface area (Å²) in [5.74, 6) is 0.333. The number of rotatable bonds is 0. The van der Waals surface area contributed by atoms with E-state index in [1.165, 1.54) is 53.1 Å². The van der Waals surface area contributed by atoms with Crippen LogP contribution in [0.4, 0.5) is 0 Å². The second-order valence-electron chi connectivity index (χ2n) is 8.31. The third-order valence-corrected chi connectivity index (χ3v) is 4.99. The van der Waals surface area contributed by atoms with Crippen molar-refractivity contribution in [1.29, 1.82) is 5.41 Å². The molecule has 3 N–H and O–H groups in total. The van der Waals surface area contributed by atoms with E-state index >= 15 is 0 Å². The zero-order valence-electron chi connectivity index (χ0n) is 21.1. The van der Waals surface area contributed by atoms with Crippen molar-refractivity contribution in [2.24, 2.45) is 5.73 Å². The first-order chi connectivity index (χ1) is 17.4. The number of pyridine rings is 2. The molecule has 5 nitrogen and oxygen atoms in total. The number of carbonyl (C=O) groups is 1. The molecule has 0 saturated heterocycles. The molecule has 185 valence electrons. The van der Waals surface area contributed by atoms with E-state index in [0.717, 1.165) is 11.0 Å². The summed E-state index contributed by atoms with van der Waals surface area (Å²) in [6.45, 7) is 4.58. The molecule has 2 aromatic heterocycles. The second kappa shape index (κ2) is 14.5. The van der Waals surface area contributed by atoms with Crippen LogP contribution in [0.2, 0.25) is 0 Å². The minimum Gasteiger partial charge on any atom is -0.388 e. The van der Waals surface area contributed by atoms with Crippen LogP contribution in [-0.4, -0.2) is 21.6 Å². The number of Topliss-reactive ketones (excluding diaryl/α,β-unsaturated/α-hetero) is 1. The van der Waals surface area contributed by atoms with E-state index in [9.17, 15) is 4.79 Å². The molecule has 0 fully saturated rings. The van der Waals surface area contributed by atoms with Crippen molar-refractivity contribution in [2.75, 3.05) is 0 Å². The van der Waals surface area contributed by atoms with Gasteiger partial charge in [-0.1, -0.05) is 84.9 Å². The summed E-state index contributed by atoms with van der Waals surface area (Å²) in [6.07, 6.45) is 3.68. The van der Waals surface area contributed by atoms with Crippen LogP contribution in [0.3, 0.4) is 0 Å². The summed E-state index contributed by atoms with van der Waals surface area (Å²) in [4.78, 5) is 18.3. The number of nitrogens with two attached hydrogens (primary N) is 1. The van der Waals surface area contributed by atoms with Crippen LogP contribution in [0.5, 0.6) is 0 Å². The van der Waals surface area contributed by atoms with E-state index in [2.05, 4.69) is 94.9 Å². The van der Waals surface area contributed by atoms with Gasteiger partial charge in [-0.2, -0.15) is 0 Å². The molecule has 37 heavy (non-hydrogen) atoms. The number of amidine groups is 1. The van der Waals surface area contributed by atoms with Gasteiger partial charge in [-0.3, -0.25) is 15.4 Å². The van der Waals surface area contributed by atoms with E-state index in [1.54, 1.807) is 0 Å². The maximum Gasteiger partial charge on any atom is 3.00 e. The fourth-order valence-corrected chi connectivity index (χ4v) is 3.63. The maximum atomic E-state index is 9.44. The van der Waals surface area contributed by atoms with Crippen LogP contribution < -0.4 is 5.73 Å². The number of nitrogens with zero attached hydrogens (tertiary/aromatic N) is 2. The predicted octanol–water partition coefficient (Wildman–Crippen LogP) is 7.31. The molecule has 1 radical (unpaired) electrons. The summed E-state index contributed by atoms with van der Waals surface area (Å²) in [5, 5.41) is 13.6. The standard InChI is InChI=1S/2C13H9N.C3H6O.C2H6N2.Ru/c2*1-2-6-12-10(4-1)7-8-11-5-3-9-14-13(11)12;1-3(2)4;1-2(3)4;/h2*1-9H;1-2H3;1H3,(H3,3,4);/q;;;;+3. The van der Waals surface area contributed by atoms with Crippen molar-refractivity contribution in [2.45, 2.75) is 20.8 Å². The summed E-state index contributed by atoms with van der Waals surface area (Å²) in [6, 6.07) is 33.3.